The van der Waals surface area contributed by atoms with Crippen molar-refractivity contribution in [2.45, 2.75) is 171 Å². The molecule has 3 nitrogen and oxygen atoms in total. The molecule has 11 aromatic rings. The van der Waals surface area contributed by atoms with Crippen molar-refractivity contribution in [1.82, 2.24) is 0 Å². The molecule has 438 valence electrons. The average molecular weight is 1150 g/mol. The number of hydrogen-bond donors (Lipinski definition) is 0. The van der Waals surface area contributed by atoms with E-state index in [0.717, 1.165) is 0 Å². The van der Waals surface area contributed by atoms with E-state index >= 15 is 0 Å². The minimum atomic E-state index is -0.0613. The van der Waals surface area contributed by atoms with Gasteiger partial charge >= 0.3 is 0 Å². The Morgan fingerprint density at radius 1 is 0.250 bits per heavy atom. The van der Waals surface area contributed by atoms with Crippen molar-refractivity contribution in [2.75, 3.05) is 14.7 Å². The molecule has 0 spiro atoms. The van der Waals surface area contributed by atoms with Gasteiger partial charge in [-0.15, -0.1) is 0 Å². The molecular formula is C85H83N3. The Hall–Kier alpha value is -8.14. The molecule has 3 heterocycles. The Labute approximate surface area is 522 Å². The Bertz CT molecular complexity index is 4400. The van der Waals surface area contributed by atoms with E-state index in [1.807, 2.05) is 0 Å². The van der Waals surface area contributed by atoms with Crippen LogP contribution in [0.2, 0.25) is 0 Å². The molecule has 0 N–H and O–H groups in total. The SMILES string of the molecule is CC12CCCCCC1(C)N(c1ccccc1)c1ccc(-c3cc(-c4ccccc4)c4ccc5c(-c6ccc7c(c6)C6(C)CCCCCC6(C)N7c6ccccc6)cc(-c6ccc7c(c6)C6(C)CCCCCC6(C)N7c6ccccc6)c6ccc3c4c56)cc12. The highest BCUT2D eigenvalue weighted by atomic mass is 15.3. The highest BCUT2D eigenvalue weighted by molar-refractivity contribution is 6.32. The molecule has 88 heavy (non-hydrogen) atoms. The van der Waals surface area contributed by atoms with Crippen LogP contribution in [0.15, 0.2) is 212 Å². The number of nitrogens with zero attached hydrogens (tertiary/aromatic N) is 3. The van der Waals surface area contributed by atoms with Crippen LogP contribution in [-0.4, -0.2) is 16.6 Å². The summed E-state index contributed by atoms with van der Waals surface area (Å²) in [6.07, 6.45) is 18.4. The van der Waals surface area contributed by atoms with E-state index in [4.69, 9.17) is 0 Å². The summed E-state index contributed by atoms with van der Waals surface area (Å²) in [5, 5.41) is 8.03. The van der Waals surface area contributed by atoms with Gasteiger partial charge in [-0.1, -0.05) is 206 Å². The van der Waals surface area contributed by atoms with Crippen LogP contribution in [0.25, 0.3) is 76.8 Å². The summed E-state index contributed by atoms with van der Waals surface area (Å²) in [7, 11) is 0. The molecule has 11 aromatic carbocycles. The van der Waals surface area contributed by atoms with Crippen LogP contribution >= 0.6 is 0 Å². The van der Waals surface area contributed by atoms with Gasteiger partial charge in [-0.3, -0.25) is 0 Å². The zero-order valence-corrected chi connectivity index (χ0v) is 52.7. The van der Waals surface area contributed by atoms with Gasteiger partial charge in [-0.05, 0) is 238 Å². The quantitative estimate of drug-likeness (QED) is 0.147. The third-order valence-corrected chi connectivity index (χ3v) is 25.0. The minimum absolute atomic E-state index is 0.0287. The second kappa shape index (κ2) is 19.7. The summed E-state index contributed by atoms with van der Waals surface area (Å²) in [5.74, 6) is 0. The van der Waals surface area contributed by atoms with E-state index in [-0.39, 0.29) is 32.9 Å². The van der Waals surface area contributed by atoms with Crippen LogP contribution in [0.5, 0.6) is 0 Å². The second-order valence-electron chi connectivity index (χ2n) is 29.1. The molecule has 3 aliphatic heterocycles. The standard InChI is InChI=1S/C85H83N3/c1-80-46-22-11-25-49-83(80,4)86(61-30-16-8-17-31-61)75-43-36-58(52-72(75)80)69-55-68(57-28-14-7-15-29-57)64-39-40-66-70(59-37-44-76-73(53-59)81(2)47-23-12-26-50-84(81,5)87(76)62-32-18-9-19-33-62)56-71(67-42-41-65(69)78(64)79(66)67)60-38-45-77-74(54-60)82(3)48-24-13-27-51-85(82,6)88(77)63-34-20-10-21-35-63/h7-10,14-21,28-45,52-56H,11-13,22-27,46-51H2,1-6H3. The fourth-order valence-electron chi connectivity index (χ4n) is 19.7. The Kier molecular flexibility index (Phi) is 12.1. The van der Waals surface area contributed by atoms with E-state index in [1.165, 1.54) is 224 Å². The summed E-state index contributed by atoms with van der Waals surface area (Å²) < 4.78 is 0. The molecule has 6 unspecified atom stereocenters. The molecule has 0 aromatic heterocycles. The molecule has 0 amide bonds. The lowest BCUT2D eigenvalue weighted by Gasteiger charge is -2.46. The van der Waals surface area contributed by atoms with Gasteiger partial charge in [-0.2, -0.15) is 0 Å². The Morgan fingerprint density at radius 2 is 0.523 bits per heavy atom. The zero-order chi connectivity index (χ0) is 59.4. The van der Waals surface area contributed by atoms with Gasteiger partial charge in [0.25, 0.3) is 0 Å². The summed E-state index contributed by atoms with van der Waals surface area (Å²) in [5.41, 5.74) is 22.6. The zero-order valence-electron chi connectivity index (χ0n) is 52.7. The van der Waals surface area contributed by atoms with Gasteiger partial charge in [0.15, 0.2) is 0 Å². The first-order chi connectivity index (χ1) is 42.9. The molecule has 0 radical (unpaired) electrons. The van der Waals surface area contributed by atoms with Crippen molar-refractivity contribution in [1.29, 1.82) is 0 Å². The molecule has 17 rings (SSSR count). The molecule has 6 aliphatic rings. The summed E-state index contributed by atoms with van der Waals surface area (Å²) >= 11 is 0. The Balaban J connectivity index is 0.945. The van der Waals surface area contributed by atoms with E-state index < -0.39 is 0 Å². The maximum atomic E-state index is 2.75. The van der Waals surface area contributed by atoms with E-state index in [0.29, 0.717) is 0 Å². The first-order valence-electron chi connectivity index (χ1n) is 33.7. The van der Waals surface area contributed by atoms with Gasteiger partial charge in [0.05, 0.1) is 16.6 Å². The number of anilines is 6. The minimum Gasteiger partial charge on any atom is -0.334 e. The predicted molar refractivity (Wildman–Crippen MR) is 374 cm³/mol. The van der Waals surface area contributed by atoms with Crippen molar-refractivity contribution in [3.05, 3.63) is 229 Å². The smallest absolute Gasteiger partial charge is 0.0517 e. The number of para-hydroxylation sites is 3. The van der Waals surface area contributed by atoms with Crippen molar-refractivity contribution >= 4 is 66.4 Å². The van der Waals surface area contributed by atoms with Gasteiger partial charge in [0, 0.05) is 50.4 Å². The maximum absolute atomic E-state index is 2.75. The molecule has 3 saturated carbocycles. The topological polar surface area (TPSA) is 9.72 Å². The van der Waals surface area contributed by atoms with Gasteiger partial charge in [0.1, 0.15) is 0 Å². The first kappa shape index (κ1) is 54.0. The summed E-state index contributed by atoms with van der Waals surface area (Å²) in [6, 6.07) is 83.4. The fourth-order valence-corrected chi connectivity index (χ4v) is 19.7. The molecule has 3 fully saturated rings. The highest BCUT2D eigenvalue weighted by Gasteiger charge is 2.59. The van der Waals surface area contributed by atoms with Gasteiger partial charge in [0.2, 0.25) is 0 Å². The molecule has 0 bridgehead atoms. The predicted octanol–water partition coefficient (Wildman–Crippen LogP) is 23.6. The van der Waals surface area contributed by atoms with Crippen LogP contribution in [0, 0.1) is 0 Å². The molecule has 6 atom stereocenters. The van der Waals surface area contributed by atoms with Crippen molar-refractivity contribution in [3.63, 3.8) is 0 Å². The molecule has 0 saturated heterocycles. The maximum Gasteiger partial charge on any atom is 0.0517 e. The summed E-state index contributed by atoms with van der Waals surface area (Å²) in [6.45, 7) is 15.6. The molecular weight excluding hydrogens is 1060 g/mol. The molecule has 3 heteroatoms. The first-order valence-corrected chi connectivity index (χ1v) is 33.7. The van der Waals surface area contributed by atoms with Crippen LogP contribution in [0.4, 0.5) is 34.1 Å². The normalized spacial score (nSPS) is 26.5. The number of rotatable bonds is 7. The fraction of sp³-hybridized carbons (Fsp3) is 0.318. The monoisotopic (exact) mass is 1150 g/mol. The molecule has 3 aliphatic carbocycles. The van der Waals surface area contributed by atoms with Crippen molar-refractivity contribution in [2.24, 2.45) is 0 Å². The third kappa shape index (κ3) is 7.37. The van der Waals surface area contributed by atoms with Crippen LogP contribution in [-0.2, 0) is 16.2 Å². The van der Waals surface area contributed by atoms with Crippen molar-refractivity contribution < 1.29 is 0 Å². The van der Waals surface area contributed by atoms with Gasteiger partial charge in [-0.25, -0.2) is 0 Å². The largest absolute Gasteiger partial charge is 0.334 e. The lowest BCUT2D eigenvalue weighted by atomic mass is 9.66. The summed E-state index contributed by atoms with van der Waals surface area (Å²) in [4.78, 5) is 8.24. The highest BCUT2D eigenvalue weighted by Crippen LogP contribution is 2.65. The van der Waals surface area contributed by atoms with Crippen LogP contribution < -0.4 is 14.7 Å². The van der Waals surface area contributed by atoms with Gasteiger partial charge < -0.3 is 14.7 Å². The lowest BCUT2D eigenvalue weighted by molar-refractivity contribution is 0.261. The second-order valence-corrected chi connectivity index (χ2v) is 29.1. The Morgan fingerprint density at radius 3 is 0.830 bits per heavy atom. The number of benzene rings is 11. The van der Waals surface area contributed by atoms with E-state index in [9.17, 15) is 0 Å². The van der Waals surface area contributed by atoms with Crippen LogP contribution in [0.3, 0.4) is 0 Å². The van der Waals surface area contributed by atoms with E-state index in [1.54, 1.807) is 0 Å². The van der Waals surface area contributed by atoms with Crippen LogP contribution in [0.1, 0.15) is 155 Å². The average Bonchev–Trinajstić information content (AvgIpc) is 1.40. The third-order valence-electron chi connectivity index (χ3n) is 25.0. The number of fused-ring (bicyclic) bond motifs is 9. The van der Waals surface area contributed by atoms with E-state index in [2.05, 4.69) is 269 Å². The van der Waals surface area contributed by atoms with Crippen molar-refractivity contribution in [3.8, 4) is 44.5 Å². The lowest BCUT2D eigenvalue weighted by Crippen LogP contribution is -2.52. The number of hydrogen-bond acceptors (Lipinski definition) is 3.